The molecule has 4 N–H and O–H groups in total. The van der Waals surface area contributed by atoms with Gasteiger partial charge in [0, 0.05) is 47.2 Å². The zero-order valence-electron chi connectivity index (χ0n) is 18.0. The van der Waals surface area contributed by atoms with E-state index in [0.717, 1.165) is 57.8 Å². The molecule has 0 heterocycles. The monoisotopic (exact) mass is 403 g/mol. The number of carbonyl (C=O) groups excluding carboxylic acids is 3. The molecule has 0 radical (unpaired) electrons. The summed E-state index contributed by atoms with van der Waals surface area (Å²) in [6.45, 7) is 1.03. The van der Waals surface area contributed by atoms with E-state index < -0.39 is 0 Å². The maximum atomic E-state index is 10.9. The molecule has 0 aromatic rings. The number of amides is 3. The first-order chi connectivity index (χ1) is 13.5. The van der Waals surface area contributed by atoms with Crippen molar-refractivity contribution >= 4 is 17.7 Å². The van der Waals surface area contributed by atoms with Crippen LogP contribution in [0.5, 0.6) is 0 Å². The number of carbonyl (C=O) groups is 3. The van der Waals surface area contributed by atoms with Crippen molar-refractivity contribution in [1.82, 2.24) is 16.0 Å². The van der Waals surface area contributed by atoms with Gasteiger partial charge in [0.1, 0.15) is 6.61 Å². The minimum absolute atomic E-state index is 0.0934. The topological polar surface area (TPSA) is 117 Å². The first-order valence-corrected chi connectivity index (χ1v) is 10.3. The predicted molar refractivity (Wildman–Crippen MR) is 111 cm³/mol. The van der Waals surface area contributed by atoms with Gasteiger partial charge in [0.15, 0.2) is 0 Å². The van der Waals surface area contributed by atoms with E-state index in [1.165, 1.54) is 0 Å². The highest BCUT2D eigenvalue weighted by molar-refractivity contribution is 5.76. The lowest BCUT2D eigenvalue weighted by atomic mass is 10.1. The molecule has 0 aromatic carbocycles. The highest BCUT2D eigenvalue weighted by Crippen LogP contribution is 2.04. The molecular weight excluding hydrogens is 362 g/mol. The van der Waals surface area contributed by atoms with Crippen LogP contribution in [0.1, 0.15) is 70.6 Å². The van der Waals surface area contributed by atoms with Crippen LogP contribution in [0.2, 0.25) is 0 Å². The molecule has 0 bridgehead atoms. The number of unbranched alkanes of at least 4 members (excludes halogenated alkanes) is 7. The SMILES string of the molecule is CNC(=O)CCCCCCCO.CNC(=O)CCCCCCOCC(=O)NC. The third-order valence-corrected chi connectivity index (χ3v) is 4.07. The van der Waals surface area contributed by atoms with Crippen molar-refractivity contribution in [3.8, 4) is 0 Å². The summed E-state index contributed by atoms with van der Waals surface area (Å²) in [5.41, 5.74) is 0. The van der Waals surface area contributed by atoms with E-state index in [1.54, 1.807) is 21.1 Å². The Balaban J connectivity index is 0. The third kappa shape index (κ3) is 24.3. The van der Waals surface area contributed by atoms with Crippen LogP contribution < -0.4 is 16.0 Å². The number of rotatable bonds is 16. The molecule has 0 aliphatic carbocycles. The number of aliphatic hydroxyl groups is 1. The Bertz CT molecular complexity index is 370. The number of likely N-dealkylation sites (N-methyl/N-ethyl adjacent to an activating group) is 1. The summed E-state index contributed by atoms with van der Waals surface area (Å²) in [6, 6.07) is 0. The molecule has 0 fully saturated rings. The fraction of sp³-hybridized carbons (Fsp3) is 0.850. The van der Waals surface area contributed by atoms with Gasteiger partial charge in [-0.15, -0.1) is 0 Å². The van der Waals surface area contributed by atoms with Crippen LogP contribution in [0.15, 0.2) is 0 Å². The quantitative estimate of drug-likeness (QED) is 0.292. The van der Waals surface area contributed by atoms with Crippen molar-refractivity contribution in [2.75, 3.05) is 41.0 Å². The van der Waals surface area contributed by atoms with Gasteiger partial charge in [-0.25, -0.2) is 0 Å². The average molecular weight is 404 g/mol. The second-order valence-corrected chi connectivity index (χ2v) is 6.48. The molecule has 0 saturated heterocycles. The summed E-state index contributed by atoms with van der Waals surface area (Å²) in [5.74, 6) is 0.118. The standard InChI is InChI=1S/C11H22N2O3.C9H19NO2/c1-12-10(14)7-5-3-4-6-8-16-9-11(15)13-2;1-10-9(12)7-5-3-2-4-6-8-11/h3-9H2,1-2H3,(H,12,14)(H,13,15);11H,2-8H2,1H3,(H,10,12). The lowest BCUT2D eigenvalue weighted by Gasteiger charge is -2.03. The lowest BCUT2D eigenvalue weighted by molar-refractivity contribution is -0.125. The highest BCUT2D eigenvalue weighted by atomic mass is 16.5. The molecule has 166 valence electrons. The number of nitrogens with one attached hydrogen (secondary N) is 3. The molecule has 8 nitrogen and oxygen atoms in total. The van der Waals surface area contributed by atoms with E-state index in [-0.39, 0.29) is 30.9 Å². The molecule has 3 amide bonds. The fourth-order valence-electron chi connectivity index (χ4n) is 2.26. The third-order valence-electron chi connectivity index (χ3n) is 4.07. The minimum atomic E-state index is -0.0976. The molecule has 28 heavy (non-hydrogen) atoms. The second kappa shape index (κ2) is 23.4. The Kier molecular flexibility index (Phi) is 23.8. The van der Waals surface area contributed by atoms with Crippen molar-refractivity contribution in [2.24, 2.45) is 0 Å². The molecule has 0 saturated carbocycles. The van der Waals surface area contributed by atoms with Gasteiger partial charge in [-0.2, -0.15) is 0 Å². The maximum Gasteiger partial charge on any atom is 0.245 e. The summed E-state index contributed by atoms with van der Waals surface area (Å²) >= 11 is 0. The van der Waals surface area contributed by atoms with E-state index >= 15 is 0 Å². The van der Waals surface area contributed by atoms with Gasteiger partial charge in [0.05, 0.1) is 0 Å². The van der Waals surface area contributed by atoms with Crippen LogP contribution in [0, 0.1) is 0 Å². The number of hydrogen-bond donors (Lipinski definition) is 4. The molecule has 0 aliphatic rings. The zero-order valence-corrected chi connectivity index (χ0v) is 18.0. The van der Waals surface area contributed by atoms with Gasteiger partial charge < -0.3 is 25.8 Å². The lowest BCUT2D eigenvalue weighted by Crippen LogP contribution is -2.23. The molecule has 0 rings (SSSR count). The van der Waals surface area contributed by atoms with Crippen molar-refractivity contribution in [1.29, 1.82) is 0 Å². The normalized spacial score (nSPS) is 9.86. The molecule has 0 unspecified atom stereocenters. The summed E-state index contributed by atoms with van der Waals surface area (Å²) in [5, 5.41) is 16.1. The Morgan fingerprint density at radius 2 is 1.07 bits per heavy atom. The van der Waals surface area contributed by atoms with Crippen molar-refractivity contribution in [2.45, 2.75) is 70.6 Å². The first-order valence-electron chi connectivity index (χ1n) is 10.3. The molecule has 8 heteroatoms. The van der Waals surface area contributed by atoms with Gasteiger partial charge in [-0.05, 0) is 25.7 Å². The van der Waals surface area contributed by atoms with Gasteiger partial charge in [-0.3, -0.25) is 14.4 Å². The summed E-state index contributed by atoms with van der Waals surface area (Å²) in [4.78, 5) is 32.4. The molecule has 0 aromatic heterocycles. The van der Waals surface area contributed by atoms with Crippen LogP contribution in [0.3, 0.4) is 0 Å². The minimum Gasteiger partial charge on any atom is -0.396 e. The summed E-state index contributed by atoms with van der Waals surface area (Å²) < 4.78 is 5.14. The van der Waals surface area contributed by atoms with Gasteiger partial charge >= 0.3 is 0 Å². The largest absolute Gasteiger partial charge is 0.396 e. The Labute approximate surface area is 170 Å². The number of aliphatic hydroxyl groups excluding tert-OH is 1. The predicted octanol–water partition coefficient (Wildman–Crippen LogP) is 1.51. The van der Waals surface area contributed by atoms with Crippen LogP contribution >= 0.6 is 0 Å². The molecular formula is C20H41N3O5. The molecule has 0 spiro atoms. The zero-order chi connectivity index (χ0) is 21.5. The van der Waals surface area contributed by atoms with Gasteiger partial charge in [0.25, 0.3) is 0 Å². The van der Waals surface area contributed by atoms with Crippen LogP contribution in [-0.4, -0.2) is 63.8 Å². The Morgan fingerprint density at radius 3 is 1.54 bits per heavy atom. The van der Waals surface area contributed by atoms with Gasteiger partial charge in [-0.1, -0.05) is 32.1 Å². The highest BCUT2D eigenvalue weighted by Gasteiger charge is 1.99. The van der Waals surface area contributed by atoms with Gasteiger partial charge in [0.2, 0.25) is 17.7 Å². The van der Waals surface area contributed by atoms with E-state index in [4.69, 9.17) is 9.84 Å². The molecule has 0 atom stereocenters. The second-order valence-electron chi connectivity index (χ2n) is 6.48. The summed E-state index contributed by atoms with van der Waals surface area (Å²) in [6.07, 6.45) is 10.3. The van der Waals surface area contributed by atoms with E-state index in [1.807, 2.05) is 0 Å². The van der Waals surface area contributed by atoms with E-state index in [0.29, 0.717) is 19.4 Å². The van der Waals surface area contributed by atoms with E-state index in [2.05, 4.69) is 16.0 Å². The summed E-state index contributed by atoms with van der Waals surface area (Å²) in [7, 11) is 4.90. The maximum absolute atomic E-state index is 10.9. The smallest absolute Gasteiger partial charge is 0.245 e. The first kappa shape index (κ1) is 28.5. The Morgan fingerprint density at radius 1 is 0.643 bits per heavy atom. The number of hydrogen-bond acceptors (Lipinski definition) is 5. The van der Waals surface area contributed by atoms with Crippen LogP contribution in [0.4, 0.5) is 0 Å². The average Bonchev–Trinajstić information content (AvgIpc) is 2.72. The van der Waals surface area contributed by atoms with Crippen molar-refractivity contribution in [3.63, 3.8) is 0 Å². The number of ether oxygens (including phenoxy) is 1. The van der Waals surface area contributed by atoms with Crippen molar-refractivity contribution < 1.29 is 24.2 Å². The Hall–Kier alpha value is -1.67. The molecule has 0 aliphatic heterocycles. The fourth-order valence-corrected chi connectivity index (χ4v) is 2.26. The van der Waals surface area contributed by atoms with Crippen LogP contribution in [-0.2, 0) is 19.1 Å². The van der Waals surface area contributed by atoms with Crippen molar-refractivity contribution in [3.05, 3.63) is 0 Å². The van der Waals surface area contributed by atoms with E-state index in [9.17, 15) is 14.4 Å². The van der Waals surface area contributed by atoms with Crippen LogP contribution in [0.25, 0.3) is 0 Å².